The quantitative estimate of drug-likeness (QED) is 0.924. The first-order chi connectivity index (χ1) is 12.1. The Morgan fingerprint density at radius 1 is 1.20 bits per heavy atom. The van der Waals surface area contributed by atoms with E-state index >= 15 is 0 Å². The molecule has 0 bridgehead atoms. The molecule has 0 radical (unpaired) electrons. The molecule has 130 valence electrons. The molecule has 6 nitrogen and oxygen atoms in total. The molecule has 2 aromatic rings. The van der Waals surface area contributed by atoms with Crippen LogP contribution in [0.2, 0.25) is 0 Å². The summed E-state index contributed by atoms with van der Waals surface area (Å²) in [4.78, 5) is 29.7. The third-order valence-corrected chi connectivity index (χ3v) is 4.54. The van der Waals surface area contributed by atoms with Gasteiger partial charge in [0.25, 0.3) is 5.91 Å². The van der Waals surface area contributed by atoms with Gasteiger partial charge in [0, 0.05) is 24.3 Å². The number of ether oxygens (including phenoxy) is 1. The average molecular weight is 340 g/mol. The van der Waals surface area contributed by atoms with E-state index in [4.69, 9.17) is 4.74 Å². The number of amides is 1. The Hall–Kier alpha value is -2.89. The molecule has 1 amide bonds. The van der Waals surface area contributed by atoms with E-state index in [1.165, 1.54) is 0 Å². The molecular formula is C19H20N2O4. The molecule has 3 rings (SSSR count). The summed E-state index contributed by atoms with van der Waals surface area (Å²) in [6.45, 7) is 2.38. The molecule has 0 unspecified atom stereocenters. The van der Waals surface area contributed by atoms with Crippen LogP contribution in [0.3, 0.4) is 0 Å². The number of hydrogen-bond donors (Lipinski definition) is 1. The summed E-state index contributed by atoms with van der Waals surface area (Å²) in [5.74, 6) is -0.266. The van der Waals surface area contributed by atoms with E-state index in [2.05, 4.69) is 4.98 Å². The second kappa shape index (κ2) is 7.34. The molecule has 6 heteroatoms. The summed E-state index contributed by atoms with van der Waals surface area (Å²) in [6, 6.07) is 10.1. The monoisotopic (exact) mass is 340 g/mol. The summed E-state index contributed by atoms with van der Waals surface area (Å²) >= 11 is 0. The lowest BCUT2D eigenvalue weighted by Crippen LogP contribution is -2.49. The molecule has 1 N–H and O–H groups in total. The van der Waals surface area contributed by atoms with Gasteiger partial charge in [0.2, 0.25) is 0 Å². The number of nitrogens with zero attached hydrogens (tertiary/aromatic N) is 2. The van der Waals surface area contributed by atoms with E-state index < -0.39 is 11.9 Å². The molecule has 1 aliphatic heterocycles. The number of rotatable bonds is 4. The lowest BCUT2D eigenvalue weighted by Gasteiger charge is -2.37. The van der Waals surface area contributed by atoms with Gasteiger partial charge in [-0.05, 0) is 56.2 Å². The van der Waals surface area contributed by atoms with Crippen molar-refractivity contribution in [2.75, 3.05) is 6.54 Å². The van der Waals surface area contributed by atoms with E-state index in [-0.39, 0.29) is 11.9 Å². The molecule has 0 aliphatic carbocycles. The van der Waals surface area contributed by atoms with Crippen LogP contribution in [0.1, 0.15) is 30.1 Å². The third kappa shape index (κ3) is 3.79. The Bertz CT molecular complexity index is 746. The smallest absolute Gasteiger partial charge is 0.308 e. The standard InChI is InChI=1S/C19H20N2O4/c1-13-17(19(23)24)5-3-11-21(13)18(22)14-6-8-15(9-7-14)25-16-4-2-10-20-12-16/h2,4,6-10,12-13,17H,3,5,11H2,1H3,(H,23,24)/t13-,17-/m1/s1. The molecule has 2 heterocycles. The number of carboxylic acids is 1. The van der Waals surface area contributed by atoms with Crippen molar-refractivity contribution in [2.45, 2.75) is 25.8 Å². The van der Waals surface area contributed by atoms with Crippen molar-refractivity contribution in [1.82, 2.24) is 9.88 Å². The predicted octanol–water partition coefficient (Wildman–Crippen LogP) is 3.20. The van der Waals surface area contributed by atoms with E-state index in [0.29, 0.717) is 36.4 Å². The van der Waals surface area contributed by atoms with E-state index in [0.717, 1.165) is 0 Å². The minimum Gasteiger partial charge on any atom is -0.481 e. The Morgan fingerprint density at radius 2 is 1.96 bits per heavy atom. The summed E-state index contributed by atoms with van der Waals surface area (Å²) < 4.78 is 5.66. The zero-order valence-electron chi connectivity index (χ0n) is 14.0. The van der Waals surface area contributed by atoms with Gasteiger partial charge in [-0.15, -0.1) is 0 Å². The normalized spacial score (nSPS) is 20.1. The molecule has 0 saturated carbocycles. The molecule has 1 fully saturated rings. The summed E-state index contributed by atoms with van der Waals surface area (Å²) in [6.07, 6.45) is 4.59. The van der Waals surface area contributed by atoms with Gasteiger partial charge in [-0.1, -0.05) is 0 Å². The maximum atomic E-state index is 12.7. The molecule has 2 atom stereocenters. The highest BCUT2D eigenvalue weighted by Gasteiger charge is 2.35. The van der Waals surface area contributed by atoms with Crippen molar-refractivity contribution < 1.29 is 19.4 Å². The lowest BCUT2D eigenvalue weighted by molar-refractivity contribution is -0.144. The van der Waals surface area contributed by atoms with Gasteiger partial charge < -0.3 is 14.7 Å². The van der Waals surface area contributed by atoms with Crippen LogP contribution in [0.5, 0.6) is 11.5 Å². The SMILES string of the molecule is C[C@@H]1[C@H](C(=O)O)CCCN1C(=O)c1ccc(Oc2cccnc2)cc1. The Morgan fingerprint density at radius 3 is 2.60 bits per heavy atom. The molecule has 1 saturated heterocycles. The summed E-state index contributed by atoms with van der Waals surface area (Å²) in [5, 5.41) is 9.30. The van der Waals surface area contributed by atoms with Crippen molar-refractivity contribution in [3.05, 3.63) is 54.4 Å². The van der Waals surface area contributed by atoms with Gasteiger partial charge in [0.05, 0.1) is 12.1 Å². The first kappa shape index (κ1) is 17.0. The second-order valence-electron chi connectivity index (χ2n) is 6.14. The van der Waals surface area contributed by atoms with Crippen molar-refractivity contribution in [2.24, 2.45) is 5.92 Å². The van der Waals surface area contributed by atoms with Gasteiger partial charge in [-0.2, -0.15) is 0 Å². The van der Waals surface area contributed by atoms with Gasteiger partial charge in [-0.25, -0.2) is 0 Å². The van der Waals surface area contributed by atoms with Crippen LogP contribution < -0.4 is 4.74 Å². The molecule has 1 aromatic carbocycles. The maximum absolute atomic E-state index is 12.7. The van der Waals surface area contributed by atoms with Crippen molar-refractivity contribution in [1.29, 1.82) is 0 Å². The zero-order valence-corrected chi connectivity index (χ0v) is 14.0. The number of piperidine rings is 1. The topological polar surface area (TPSA) is 79.7 Å². The van der Waals surface area contributed by atoms with Crippen molar-refractivity contribution >= 4 is 11.9 Å². The number of pyridine rings is 1. The van der Waals surface area contributed by atoms with Crippen LogP contribution in [-0.2, 0) is 4.79 Å². The second-order valence-corrected chi connectivity index (χ2v) is 6.14. The van der Waals surface area contributed by atoms with Crippen LogP contribution in [-0.4, -0.2) is 39.5 Å². The zero-order chi connectivity index (χ0) is 17.8. The molecule has 1 aromatic heterocycles. The fourth-order valence-corrected chi connectivity index (χ4v) is 3.13. The van der Waals surface area contributed by atoms with Crippen LogP contribution in [0, 0.1) is 5.92 Å². The van der Waals surface area contributed by atoms with E-state index in [9.17, 15) is 14.7 Å². The minimum atomic E-state index is -0.842. The first-order valence-electron chi connectivity index (χ1n) is 8.28. The van der Waals surface area contributed by atoms with Gasteiger partial charge in [0.1, 0.15) is 11.5 Å². The molecular weight excluding hydrogens is 320 g/mol. The van der Waals surface area contributed by atoms with Gasteiger partial charge >= 0.3 is 5.97 Å². The average Bonchev–Trinajstić information content (AvgIpc) is 2.62. The number of hydrogen-bond acceptors (Lipinski definition) is 4. The van der Waals surface area contributed by atoms with Crippen LogP contribution in [0.25, 0.3) is 0 Å². The third-order valence-electron chi connectivity index (χ3n) is 4.54. The number of aliphatic carboxylic acids is 1. The summed E-state index contributed by atoms with van der Waals surface area (Å²) in [5.41, 5.74) is 0.524. The van der Waals surface area contributed by atoms with Crippen molar-refractivity contribution in [3.8, 4) is 11.5 Å². The number of carbonyl (C=O) groups excluding carboxylic acids is 1. The van der Waals surface area contributed by atoms with E-state index in [1.54, 1.807) is 60.6 Å². The first-order valence-corrected chi connectivity index (χ1v) is 8.28. The van der Waals surface area contributed by atoms with E-state index in [1.807, 2.05) is 0 Å². The Balaban J connectivity index is 1.71. The molecule has 25 heavy (non-hydrogen) atoms. The maximum Gasteiger partial charge on any atom is 0.308 e. The fraction of sp³-hybridized carbons (Fsp3) is 0.316. The number of aromatic nitrogens is 1. The van der Waals surface area contributed by atoms with Crippen LogP contribution in [0.15, 0.2) is 48.8 Å². The fourth-order valence-electron chi connectivity index (χ4n) is 3.13. The van der Waals surface area contributed by atoms with Crippen LogP contribution >= 0.6 is 0 Å². The lowest BCUT2D eigenvalue weighted by atomic mass is 9.90. The van der Waals surface area contributed by atoms with Crippen LogP contribution in [0.4, 0.5) is 0 Å². The highest BCUT2D eigenvalue weighted by Crippen LogP contribution is 2.26. The molecule has 1 aliphatic rings. The minimum absolute atomic E-state index is 0.147. The van der Waals surface area contributed by atoms with Gasteiger partial charge in [-0.3, -0.25) is 14.6 Å². The Labute approximate surface area is 146 Å². The number of carbonyl (C=O) groups is 2. The number of carboxylic acid groups (broad SMARTS) is 1. The summed E-state index contributed by atoms with van der Waals surface area (Å²) in [7, 11) is 0. The van der Waals surface area contributed by atoms with Gasteiger partial charge in [0.15, 0.2) is 0 Å². The highest BCUT2D eigenvalue weighted by molar-refractivity contribution is 5.95. The largest absolute Gasteiger partial charge is 0.481 e. The number of likely N-dealkylation sites (tertiary alicyclic amines) is 1. The number of benzene rings is 1. The Kier molecular flexibility index (Phi) is 4.97. The highest BCUT2D eigenvalue weighted by atomic mass is 16.5. The predicted molar refractivity (Wildman–Crippen MR) is 91.6 cm³/mol. The van der Waals surface area contributed by atoms with Crippen molar-refractivity contribution in [3.63, 3.8) is 0 Å². The molecule has 0 spiro atoms.